The maximum absolute atomic E-state index is 7.79. The average Bonchev–Trinajstić information content (AvgIpc) is 2.81. The van der Waals surface area contributed by atoms with Crippen LogP contribution in [-0.4, -0.2) is 54.2 Å². The van der Waals surface area contributed by atoms with E-state index in [9.17, 15) is 0 Å². The van der Waals surface area contributed by atoms with Gasteiger partial charge >= 0.3 is 0 Å². The van der Waals surface area contributed by atoms with Gasteiger partial charge in [-0.1, -0.05) is 0 Å². The number of nitrogens with two attached hydrogens (primary N) is 1. The summed E-state index contributed by atoms with van der Waals surface area (Å²) in [5.41, 5.74) is 8.23. The van der Waals surface area contributed by atoms with Crippen molar-refractivity contribution in [2.45, 2.75) is 26.3 Å². The fourth-order valence-electron chi connectivity index (χ4n) is 2.50. The molecule has 0 aliphatic carbocycles. The molecule has 0 spiro atoms. The highest BCUT2D eigenvalue weighted by molar-refractivity contribution is 6.01. The first-order chi connectivity index (χ1) is 8.91. The highest BCUT2D eigenvalue weighted by Crippen LogP contribution is 2.26. The fraction of sp³-hybridized carbons (Fsp3) is 0.615. The van der Waals surface area contributed by atoms with Crippen molar-refractivity contribution in [3.8, 4) is 0 Å². The number of nitrogens with one attached hydrogen (secondary N) is 1. The minimum absolute atomic E-state index is 0.0683. The van der Waals surface area contributed by atoms with Crippen molar-refractivity contribution in [3.05, 3.63) is 16.8 Å². The van der Waals surface area contributed by atoms with Gasteiger partial charge in [-0.05, 0) is 39.9 Å². The molecule has 1 aliphatic rings. The lowest BCUT2D eigenvalue weighted by atomic mass is 10.1. The Bertz CT molecular complexity index is 496. The van der Waals surface area contributed by atoms with Gasteiger partial charge in [0.05, 0.1) is 11.3 Å². The van der Waals surface area contributed by atoms with E-state index in [-0.39, 0.29) is 5.84 Å². The summed E-state index contributed by atoms with van der Waals surface area (Å²) in [5, 5.41) is 16.2. The Morgan fingerprint density at radius 2 is 2.05 bits per heavy atom. The second-order valence-corrected chi connectivity index (χ2v) is 5.37. The molecule has 0 amide bonds. The van der Waals surface area contributed by atoms with Gasteiger partial charge in [0, 0.05) is 19.1 Å². The van der Waals surface area contributed by atoms with Gasteiger partial charge in [-0.2, -0.15) is 5.10 Å². The van der Waals surface area contributed by atoms with Crippen LogP contribution in [0.3, 0.4) is 0 Å². The maximum Gasteiger partial charge on any atom is 0.162 e. The zero-order chi connectivity index (χ0) is 14.2. The SMILES string of the molecule is Cc1nnc(N2CCC(N(C)C)C2)c(C(=N)N)c1C. The molecule has 2 heterocycles. The molecule has 1 atom stereocenters. The summed E-state index contributed by atoms with van der Waals surface area (Å²) in [7, 11) is 4.18. The van der Waals surface area contributed by atoms with E-state index in [4.69, 9.17) is 11.1 Å². The van der Waals surface area contributed by atoms with Crippen LogP contribution < -0.4 is 10.6 Å². The zero-order valence-electron chi connectivity index (χ0n) is 12.1. The standard InChI is InChI=1S/C13H22N6/c1-8-9(2)16-17-13(11(8)12(14)15)19-6-5-10(7-19)18(3)4/h10H,5-7H2,1-4H3,(H3,14,15). The molecule has 104 valence electrons. The quantitative estimate of drug-likeness (QED) is 0.613. The van der Waals surface area contributed by atoms with Crippen LogP contribution >= 0.6 is 0 Å². The molecule has 1 fully saturated rings. The van der Waals surface area contributed by atoms with Crippen LogP contribution in [-0.2, 0) is 0 Å². The van der Waals surface area contributed by atoms with Crippen molar-refractivity contribution in [2.75, 3.05) is 32.1 Å². The molecule has 0 aromatic carbocycles. The maximum atomic E-state index is 7.79. The Hall–Kier alpha value is -1.69. The van der Waals surface area contributed by atoms with Crippen molar-refractivity contribution in [3.63, 3.8) is 0 Å². The topological polar surface area (TPSA) is 82.1 Å². The largest absolute Gasteiger partial charge is 0.384 e. The number of nitrogens with zero attached hydrogens (tertiary/aromatic N) is 4. The van der Waals surface area contributed by atoms with Crippen molar-refractivity contribution >= 4 is 11.7 Å². The summed E-state index contributed by atoms with van der Waals surface area (Å²) in [6, 6.07) is 0.517. The molecule has 1 aromatic rings. The Kier molecular flexibility index (Phi) is 3.71. The van der Waals surface area contributed by atoms with Gasteiger partial charge in [0.15, 0.2) is 5.82 Å². The van der Waals surface area contributed by atoms with Crippen molar-refractivity contribution in [2.24, 2.45) is 5.73 Å². The fourth-order valence-corrected chi connectivity index (χ4v) is 2.50. The van der Waals surface area contributed by atoms with Crippen LogP contribution in [0.1, 0.15) is 23.2 Å². The number of aromatic nitrogens is 2. The average molecular weight is 262 g/mol. The second kappa shape index (κ2) is 5.13. The minimum Gasteiger partial charge on any atom is -0.384 e. The summed E-state index contributed by atoms with van der Waals surface area (Å²) in [6.45, 7) is 5.68. The van der Waals surface area contributed by atoms with Crippen LogP contribution in [0, 0.1) is 19.3 Å². The summed E-state index contributed by atoms with van der Waals surface area (Å²) < 4.78 is 0. The summed E-state index contributed by atoms with van der Waals surface area (Å²) in [5.74, 6) is 0.818. The van der Waals surface area contributed by atoms with E-state index in [0.717, 1.165) is 42.1 Å². The van der Waals surface area contributed by atoms with Crippen LogP contribution in [0.15, 0.2) is 0 Å². The molecule has 1 aliphatic heterocycles. The third-order valence-electron chi connectivity index (χ3n) is 3.90. The zero-order valence-corrected chi connectivity index (χ0v) is 12.1. The molecule has 2 rings (SSSR count). The highest BCUT2D eigenvalue weighted by atomic mass is 15.3. The number of hydrogen-bond donors (Lipinski definition) is 2. The number of likely N-dealkylation sites (N-methyl/N-ethyl adjacent to an activating group) is 1. The van der Waals surface area contributed by atoms with E-state index in [0.29, 0.717) is 6.04 Å². The number of aryl methyl sites for hydroxylation is 1. The molecule has 0 saturated carbocycles. The van der Waals surface area contributed by atoms with E-state index >= 15 is 0 Å². The first-order valence-corrected chi connectivity index (χ1v) is 6.51. The third-order valence-corrected chi connectivity index (χ3v) is 3.90. The Labute approximate surface area is 114 Å². The Balaban J connectivity index is 2.36. The normalized spacial score (nSPS) is 19.2. The molecule has 1 unspecified atom stereocenters. The molecule has 6 heteroatoms. The molecule has 1 saturated heterocycles. The molecule has 0 radical (unpaired) electrons. The predicted molar refractivity (Wildman–Crippen MR) is 76.8 cm³/mol. The molecule has 19 heavy (non-hydrogen) atoms. The number of anilines is 1. The lowest BCUT2D eigenvalue weighted by molar-refractivity contribution is 0.315. The number of hydrogen-bond acceptors (Lipinski definition) is 5. The van der Waals surface area contributed by atoms with Gasteiger partial charge in [-0.15, -0.1) is 5.10 Å². The number of amidine groups is 1. The molecule has 1 aromatic heterocycles. The van der Waals surface area contributed by atoms with Gasteiger partial charge in [0.2, 0.25) is 0 Å². The summed E-state index contributed by atoms with van der Waals surface area (Å²) in [6.07, 6.45) is 1.10. The molecule has 6 nitrogen and oxygen atoms in total. The van der Waals surface area contributed by atoms with Gasteiger partial charge in [0.1, 0.15) is 5.84 Å². The van der Waals surface area contributed by atoms with E-state index in [1.165, 1.54) is 0 Å². The van der Waals surface area contributed by atoms with E-state index < -0.39 is 0 Å². The van der Waals surface area contributed by atoms with Gasteiger partial charge in [-0.3, -0.25) is 5.41 Å². The lowest BCUT2D eigenvalue weighted by Crippen LogP contribution is -2.33. The number of rotatable bonds is 3. The number of nitrogen functional groups attached to an aromatic ring is 1. The van der Waals surface area contributed by atoms with Gasteiger partial charge in [-0.25, -0.2) is 0 Å². The van der Waals surface area contributed by atoms with Gasteiger partial charge in [0.25, 0.3) is 0 Å². The Morgan fingerprint density at radius 1 is 1.37 bits per heavy atom. The smallest absolute Gasteiger partial charge is 0.162 e. The van der Waals surface area contributed by atoms with Crippen LogP contribution in [0.2, 0.25) is 0 Å². The third kappa shape index (κ3) is 2.53. The first-order valence-electron chi connectivity index (χ1n) is 6.51. The summed E-state index contributed by atoms with van der Waals surface area (Å²) >= 11 is 0. The van der Waals surface area contributed by atoms with Crippen molar-refractivity contribution in [1.82, 2.24) is 15.1 Å². The van der Waals surface area contributed by atoms with E-state index in [1.807, 2.05) is 13.8 Å². The van der Waals surface area contributed by atoms with Crippen LogP contribution in [0.5, 0.6) is 0 Å². The lowest BCUT2D eigenvalue weighted by Gasteiger charge is -2.23. The van der Waals surface area contributed by atoms with Crippen LogP contribution in [0.4, 0.5) is 5.82 Å². The van der Waals surface area contributed by atoms with Crippen molar-refractivity contribution < 1.29 is 0 Å². The van der Waals surface area contributed by atoms with Gasteiger partial charge < -0.3 is 15.5 Å². The highest BCUT2D eigenvalue weighted by Gasteiger charge is 2.28. The molecule has 0 bridgehead atoms. The van der Waals surface area contributed by atoms with E-state index in [2.05, 4.69) is 34.1 Å². The van der Waals surface area contributed by atoms with Crippen LogP contribution in [0.25, 0.3) is 0 Å². The monoisotopic (exact) mass is 262 g/mol. The van der Waals surface area contributed by atoms with E-state index in [1.54, 1.807) is 0 Å². The van der Waals surface area contributed by atoms with Crippen molar-refractivity contribution in [1.29, 1.82) is 5.41 Å². The predicted octanol–water partition coefficient (Wildman–Crippen LogP) is 0.518. The first kappa shape index (κ1) is 13.7. The molecular weight excluding hydrogens is 240 g/mol. The minimum atomic E-state index is 0.0683. The summed E-state index contributed by atoms with van der Waals surface area (Å²) in [4.78, 5) is 4.41. The molecule has 3 N–H and O–H groups in total. The second-order valence-electron chi connectivity index (χ2n) is 5.37. The Morgan fingerprint density at radius 3 is 2.58 bits per heavy atom. The molecular formula is C13H22N6.